The number of hydrogen-bond acceptors (Lipinski definition) is 2. The number of nitrogens with two attached hydrogens (primary N) is 1. The third-order valence-electron chi connectivity index (χ3n) is 3.16. The summed E-state index contributed by atoms with van der Waals surface area (Å²) in [5.74, 6) is -0.204. The highest BCUT2D eigenvalue weighted by molar-refractivity contribution is 5.56. The minimum absolute atomic E-state index is 0.204. The molecule has 0 fully saturated rings. The molecule has 0 aliphatic carbocycles. The van der Waals surface area contributed by atoms with Crippen LogP contribution in [0.2, 0.25) is 0 Å². The molecule has 0 radical (unpaired) electrons. The Bertz CT molecular complexity index is 438. The van der Waals surface area contributed by atoms with Crippen molar-refractivity contribution in [2.24, 2.45) is 5.73 Å². The molecule has 2 N–H and O–H groups in total. The van der Waals surface area contributed by atoms with Crippen molar-refractivity contribution in [2.75, 3.05) is 18.0 Å². The van der Waals surface area contributed by atoms with E-state index in [1.807, 2.05) is 13.0 Å². The van der Waals surface area contributed by atoms with Gasteiger partial charge < -0.3 is 10.6 Å². The molecule has 0 spiro atoms. The first-order valence-electron chi connectivity index (χ1n) is 6.04. The molecule has 1 aliphatic heterocycles. The van der Waals surface area contributed by atoms with E-state index in [1.54, 1.807) is 6.07 Å². The predicted octanol–water partition coefficient (Wildman–Crippen LogP) is 3.00. The molecular weight excluding hydrogens is 215 g/mol. The van der Waals surface area contributed by atoms with Crippen LogP contribution in [-0.2, 0) is 0 Å². The summed E-state index contributed by atoms with van der Waals surface area (Å²) in [4.78, 5) is 2.21. The summed E-state index contributed by atoms with van der Waals surface area (Å²) in [6, 6.07) is 4.91. The van der Waals surface area contributed by atoms with Crippen molar-refractivity contribution in [2.45, 2.75) is 26.3 Å². The van der Waals surface area contributed by atoms with Gasteiger partial charge in [0, 0.05) is 30.4 Å². The van der Waals surface area contributed by atoms with E-state index in [1.165, 1.54) is 11.6 Å². The standard InChI is InChI=1S/C14H19FN2/c1-10-5-4-8-17(9-10)13-7-3-6-12(15)14(13)11(2)16/h3,5-7,11H,4,8-9,16H2,1-2H3/t11-/m0/s1. The molecule has 1 aromatic carbocycles. The van der Waals surface area contributed by atoms with E-state index in [0.717, 1.165) is 25.2 Å². The third-order valence-corrected chi connectivity index (χ3v) is 3.16. The van der Waals surface area contributed by atoms with Gasteiger partial charge in [-0.25, -0.2) is 4.39 Å². The number of nitrogens with zero attached hydrogens (tertiary/aromatic N) is 1. The summed E-state index contributed by atoms with van der Waals surface area (Å²) in [6.07, 6.45) is 3.25. The fourth-order valence-electron chi connectivity index (χ4n) is 2.37. The van der Waals surface area contributed by atoms with Crippen molar-refractivity contribution in [3.63, 3.8) is 0 Å². The Morgan fingerprint density at radius 1 is 1.41 bits per heavy atom. The van der Waals surface area contributed by atoms with Crippen molar-refractivity contribution < 1.29 is 4.39 Å². The van der Waals surface area contributed by atoms with Crippen LogP contribution >= 0.6 is 0 Å². The highest BCUT2D eigenvalue weighted by Crippen LogP contribution is 2.29. The van der Waals surface area contributed by atoms with E-state index in [-0.39, 0.29) is 11.9 Å². The SMILES string of the molecule is CC1=CCCN(c2cccc(F)c2[C@H](C)N)C1. The summed E-state index contributed by atoms with van der Waals surface area (Å²) < 4.78 is 13.8. The molecule has 3 heteroatoms. The molecule has 92 valence electrons. The predicted molar refractivity (Wildman–Crippen MR) is 69.6 cm³/mol. The fourth-order valence-corrected chi connectivity index (χ4v) is 2.37. The van der Waals surface area contributed by atoms with Crippen molar-refractivity contribution in [1.29, 1.82) is 0 Å². The molecule has 2 rings (SSSR count). The quantitative estimate of drug-likeness (QED) is 0.797. The number of anilines is 1. The molecule has 0 saturated heterocycles. The highest BCUT2D eigenvalue weighted by Gasteiger charge is 2.18. The van der Waals surface area contributed by atoms with Crippen LogP contribution in [0.1, 0.15) is 31.9 Å². The largest absolute Gasteiger partial charge is 0.367 e. The number of benzene rings is 1. The van der Waals surface area contributed by atoms with Gasteiger partial charge in [-0.15, -0.1) is 0 Å². The maximum atomic E-state index is 13.8. The minimum Gasteiger partial charge on any atom is -0.367 e. The number of hydrogen-bond donors (Lipinski definition) is 1. The molecule has 0 unspecified atom stereocenters. The Labute approximate surface area is 102 Å². The summed E-state index contributed by atoms with van der Waals surface area (Å²) >= 11 is 0. The van der Waals surface area contributed by atoms with Crippen LogP contribution in [0, 0.1) is 5.82 Å². The van der Waals surface area contributed by atoms with Gasteiger partial charge >= 0.3 is 0 Å². The molecule has 2 nitrogen and oxygen atoms in total. The van der Waals surface area contributed by atoms with Crippen LogP contribution in [0.25, 0.3) is 0 Å². The first kappa shape index (κ1) is 12.1. The van der Waals surface area contributed by atoms with Gasteiger partial charge in [-0.05, 0) is 32.4 Å². The van der Waals surface area contributed by atoms with Crippen LogP contribution in [-0.4, -0.2) is 13.1 Å². The lowest BCUT2D eigenvalue weighted by Gasteiger charge is -2.31. The second kappa shape index (κ2) is 4.88. The number of halogens is 1. The smallest absolute Gasteiger partial charge is 0.130 e. The lowest BCUT2D eigenvalue weighted by atomic mass is 10.0. The zero-order valence-corrected chi connectivity index (χ0v) is 10.4. The summed E-state index contributed by atoms with van der Waals surface area (Å²) in [7, 11) is 0. The first-order valence-corrected chi connectivity index (χ1v) is 6.04. The van der Waals surface area contributed by atoms with Crippen molar-refractivity contribution in [3.8, 4) is 0 Å². The van der Waals surface area contributed by atoms with Crippen LogP contribution in [0.5, 0.6) is 0 Å². The van der Waals surface area contributed by atoms with E-state index >= 15 is 0 Å². The van der Waals surface area contributed by atoms with E-state index in [9.17, 15) is 4.39 Å². The lowest BCUT2D eigenvalue weighted by Crippen LogP contribution is -2.31. The average Bonchev–Trinajstić information content (AvgIpc) is 2.28. The monoisotopic (exact) mass is 234 g/mol. The molecule has 17 heavy (non-hydrogen) atoms. The van der Waals surface area contributed by atoms with Crippen LogP contribution in [0.3, 0.4) is 0 Å². The molecule has 1 aliphatic rings. The van der Waals surface area contributed by atoms with Gasteiger partial charge in [-0.1, -0.05) is 17.7 Å². The maximum absolute atomic E-state index is 13.8. The molecular formula is C14H19FN2. The van der Waals surface area contributed by atoms with E-state index in [4.69, 9.17) is 5.73 Å². The van der Waals surface area contributed by atoms with Gasteiger partial charge in [0.05, 0.1) is 0 Å². The van der Waals surface area contributed by atoms with Crippen LogP contribution in [0.15, 0.2) is 29.8 Å². The normalized spacial score (nSPS) is 17.9. The molecule has 1 atom stereocenters. The summed E-state index contributed by atoms with van der Waals surface area (Å²) in [5, 5.41) is 0. The van der Waals surface area contributed by atoms with Gasteiger partial charge in [0.1, 0.15) is 5.82 Å². The fraction of sp³-hybridized carbons (Fsp3) is 0.429. The van der Waals surface area contributed by atoms with E-state index in [0.29, 0.717) is 5.56 Å². The summed E-state index contributed by atoms with van der Waals surface area (Å²) in [6.45, 7) is 5.73. The van der Waals surface area contributed by atoms with Crippen molar-refractivity contribution >= 4 is 5.69 Å². The number of rotatable bonds is 2. The highest BCUT2D eigenvalue weighted by atomic mass is 19.1. The molecule has 0 aromatic heterocycles. The van der Waals surface area contributed by atoms with Crippen LogP contribution < -0.4 is 10.6 Å². The Morgan fingerprint density at radius 2 is 2.18 bits per heavy atom. The Balaban J connectivity index is 2.38. The van der Waals surface area contributed by atoms with Gasteiger partial charge in [0.2, 0.25) is 0 Å². The zero-order valence-electron chi connectivity index (χ0n) is 10.4. The molecule has 0 bridgehead atoms. The molecule has 0 saturated carbocycles. The second-order valence-corrected chi connectivity index (χ2v) is 4.72. The Morgan fingerprint density at radius 3 is 2.82 bits per heavy atom. The molecule has 1 aromatic rings. The van der Waals surface area contributed by atoms with Crippen molar-refractivity contribution in [1.82, 2.24) is 0 Å². The maximum Gasteiger partial charge on any atom is 0.130 e. The van der Waals surface area contributed by atoms with E-state index < -0.39 is 0 Å². The Kier molecular flexibility index (Phi) is 3.48. The van der Waals surface area contributed by atoms with Crippen LogP contribution in [0.4, 0.5) is 10.1 Å². The zero-order chi connectivity index (χ0) is 12.4. The summed E-state index contributed by atoms with van der Waals surface area (Å²) in [5.41, 5.74) is 8.77. The molecule has 1 heterocycles. The topological polar surface area (TPSA) is 29.3 Å². The second-order valence-electron chi connectivity index (χ2n) is 4.72. The average molecular weight is 234 g/mol. The van der Waals surface area contributed by atoms with Gasteiger partial charge in [-0.2, -0.15) is 0 Å². The minimum atomic E-state index is -0.280. The van der Waals surface area contributed by atoms with Gasteiger partial charge in [0.25, 0.3) is 0 Å². The van der Waals surface area contributed by atoms with Gasteiger partial charge in [-0.3, -0.25) is 0 Å². The lowest BCUT2D eigenvalue weighted by molar-refractivity contribution is 0.591. The molecule has 0 amide bonds. The Hall–Kier alpha value is -1.35. The van der Waals surface area contributed by atoms with Crippen molar-refractivity contribution in [3.05, 3.63) is 41.2 Å². The van der Waals surface area contributed by atoms with Gasteiger partial charge in [0.15, 0.2) is 0 Å². The first-order chi connectivity index (χ1) is 8.09. The third kappa shape index (κ3) is 2.50. The van der Waals surface area contributed by atoms with E-state index in [2.05, 4.69) is 17.9 Å².